The molecule has 6 heteroatoms. The van der Waals surface area contributed by atoms with Crippen molar-refractivity contribution < 1.29 is 18.8 Å². The van der Waals surface area contributed by atoms with Crippen LogP contribution in [0.4, 0.5) is 0 Å². The first-order valence-electron chi connectivity index (χ1n) is 6.02. The van der Waals surface area contributed by atoms with E-state index >= 15 is 0 Å². The van der Waals surface area contributed by atoms with E-state index in [-0.39, 0.29) is 24.0 Å². The predicted molar refractivity (Wildman–Crippen MR) is 64.1 cm³/mol. The molecule has 1 rings (SSSR count). The summed E-state index contributed by atoms with van der Waals surface area (Å²) in [5.74, 6) is -0.381. The number of hydrogen-bond acceptors (Lipinski definition) is 6. The lowest BCUT2D eigenvalue weighted by Crippen LogP contribution is -2.22. The molecule has 1 aromatic heterocycles. The molecule has 1 aromatic rings. The normalized spacial score (nSPS) is 13.4. The second-order valence-corrected chi connectivity index (χ2v) is 4.88. The second kappa shape index (κ2) is 5.95. The molecule has 102 valence electrons. The molecule has 0 aliphatic rings. The first-order chi connectivity index (χ1) is 8.40. The van der Waals surface area contributed by atoms with Gasteiger partial charge in [0.25, 0.3) is 0 Å². The van der Waals surface area contributed by atoms with Crippen molar-refractivity contribution in [2.24, 2.45) is 5.41 Å². The minimum atomic E-state index is -0.611. The molecule has 0 aliphatic heterocycles. The minimum absolute atomic E-state index is 0.138. The number of carbonyl (C=O) groups is 1. The zero-order chi connectivity index (χ0) is 13.8. The van der Waals surface area contributed by atoms with Crippen molar-refractivity contribution in [1.29, 1.82) is 0 Å². The molecule has 0 saturated heterocycles. The van der Waals surface area contributed by atoms with Gasteiger partial charge in [0.1, 0.15) is 6.10 Å². The summed E-state index contributed by atoms with van der Waals surface area (Å²) in [5.41, 5.74) is -0.189. The Balaban J connectivity index is 2.91. The third-order valence-corrected chi connectivity index (χ3v) is 2.25. The number of aromatic nitrogens is 2. The number of hydrogen-bond donors (Lipinski definition) is 0. The van der Waals surface area contributed by atoms with Gasteiger partial charge in [-0.3, -0.25) is 0 Å². The fraction of sp³-hybridized carbons (Fsp3) is 0.750. The fourth-order valence-corrected chi connectivity index (χ4v) is 1.50. The van der Waals surface area contributed by atoms with Crippen LogP contribution in [0.1, 0.15) is 57.2 Å². The lowest BCUT2D eigenvalue weighted by Gasteiger charge is -2.27. The SMILES string of the molecule is CCOC(=O)c1nc(C(OCC)C(C)(C)C)no1. The highest BCUT2D eigenvalue weighted by Crippen LogP contribution is 2.34. The highest BCUT2D eigenvalue weighted by Gasteiger charge is 2.32. The van der Waals surface area contributed by atoms with Crippen LogP contribution >= 0.6 is 0 Å². The smallest absolute Gasteiger partial charge is 0.397 e. The highest BCUT2D eigenvalue weighted by atomic mass is 16.6. The number of ether oxygens (including phenoxy) is 2. The summed E-state index contributed by atoms with van der Waals surface area (Å²) < 4.78 is 15.3. The average Bonchev–Trinajstić information content (AvgIpc) is 2.73. The van der Waals surface area contributed by atoms with E-state index in [2.05, 4.69) is 10.1 Å². The molecule has 6 nitrogen and oxygen atoms in total. The summed E-state index contributed by atoms with van der Waals surface area (Å²) >= 11 is 0. The molecule has 0 aliphatic carbocycles. The van der Waals surface area contributed by atoms with Gasteiger partial charge in [-0.05, 0) is 19.3 Å². The Kier molecular flexibility index (Phi) is 4.84. The van der Waals surface area contributed by atoms with Gasteiger partial charge in [0, 0.05) is 6.61 Å². The summed E-state index contributed by atoms with van der Waals surface area (Å²) in [4.78, 5) is 15.5. The van der Waals surface area contributed by atoms with Gasteiger partial charge in [-0.2, -0.15) is 4.98 Å². The molecule has 0 spiro atoms. The van der Waals surface area contributed by atoms with Gasteiger partial charge >= 0.3 is 11.9 Å². The van der Waals surface area contributed by atoms with Crippen LogP contribution in [0, 0.1) is 5.41 Å². The zero-order valence-corrected chi connectivity index (χ0v) is 11.5. The molecule has 0 fully saturated rings. The molecular formula is C12H20N2O4. The summed E-state index contributed by atoms with van der Waals surface area (Å²) in [6.07, 6.45) is -0.325. The Morgan fingerprint density at radius 3 is 2.50 bits per heavy atom. The largest absolute Gasteiger partial charge is 0.459 e. The van der Waals surface area contributed by atoms with E-state index in [0.717, 1.165) is 0 Å². The van der Waals surface area contributed by atoms with Crippen LogP contribution in [0.15, 0.2) is 4.52 Å². The van der Waals surface area contributed by atoms with E-state index in [9.17, 15) is 4.79 Å². The average molecular weight is 256 g/mol. The van der Waals surface area contributed by atoms with Crippen molar-refractivity contribution in [3.05, 3.63) is 11.7 Å². The van der Waals surface area contributed by atoms with Gasteiger partial charge in [0.05, 0.1) is 6.61 Å². The van der Waals surface area contributed by atoms with E-state index in [4.69, 9.17) is 14.0 Å². The summed E-state index contributed by atoms with van der Waals surface area (Å²) in [5, 5.41) is 3.79. The standard InChI is InChI=1S/C12H20N2O4/c1-6-16-8(12(3,4)5)9-13-10(18-14-9)11(15)17-7-2/h8H,6-7H2,1-5H3. The van der Waals surface area contributed by atoms with Crippen LogP contribution < -0.4 is 0 Å². The minimum Gasteiger partial charge on any atom is -0.459 e. The van der Waals surface area contributed by atoms with E-state index < -0.39 is 5.97 Å². The van der Waals surface area contributed by atoms with E-state index in [1.807, 2.05) is 27.7 Å². The van der Waals surface area contributed by atoms with Gasteiger partial charge in [0.2, 0.25) is 5.82 Å². The van der Waals surface area contributed by atoms with Crippen molar-refractivity contribution in [3.63, 3.8) is 0 Å². The van der Waals surface area contributed by atoms with E-state index in [1.54, 1.807) is 6.92 Å². The molecule has 18 heavy (non-hydrogen) atoms. The first-order valence-corrected chi connectivity index (χ1v) is 6.02. The van der Waals surface area contributed by atoms with Crippen molar-refractivity contribution in [3.8, 4) is 0 Å². The molecule has 0 radical (unpaired) electrons. The molecular weight excluding hydrogens is 236 g/mol. The molecule has 0 bridgehead atoms. The Bertz CT molecular complexity index is 395. The number of carbonyl (C=O) groups excluding carboxylic acids is 1. The lowest BCUT2D eigenvalue weighted by atomic mass is 9.88. The third-order valence-electron chi connectivity index (χ3n) is 2.25. The summed E-state index contributed by atoms with van der Waals surface area (Å²) in [7, 11) is 0. The number of esters is 1. The topological polar surface area (TPSA) is 74.5 Å². The summed E-state index contributed by atoms with van der Waals surface area (Å²) in [6, 6.07) is 0. The third kappa shape index (κ3) is 3.53. The Morgan fingerprint density at radius 2 is 2.00 bits per heavy atom. The van der Waals surface area contributed by atoms with Crippen LogP contribution in [0.2, 0.25) is 0 Å². The van der Waals surface area contributed by atoms with Crippen LogP contribution in [0.5, 0.6) is 0 Å². The Hall–Kier alpha value is -1.43. The maximum Gasteiger partial charge on any atom is 0.397 e. The highest BCUT2D eigenvalue weighted by molar-refractivity contribution is 5.83. The van der Waals surface area contributed by atoms with Crippen molar-refractivity contribution in [2.75, 3.05) is 13.2 Å². The first kappa shape index (κ1) is 14.6. The Labute approximate surface area is 107 Å². The van der Waals surface area contributed by atoms with Gasteiger partial charge in [-0.15, -0.1) is 0 Å². The van der Waals surface area contributed by atoms with Crippen molar-refractivity contribution >= 4 is 5.97 Å². The number of rotatable bonds is 5. The van der Waals surface area contributed by atoms with Crippen LogP contribution in [-0.4, -0.2) is 29.3 Å². The van der Waals surface area contributed by atoms with Crippen LogP contribution in [-0.2, 0) is 9.47 Å². The quantitative estimate of drug-likeness (QED) is 0.753. The molecule has 0 aromatic carbocycles. The van der Waals surface area contributed by atoms with E-state index in [1.165, 1.54) is 0 Å². The van der Waals surface area contributed by atoms with Crippen molar-refractivity contribution in [2.45, 2.75) is 40.7 Å². The van der Waals surface area contributed by atoms with Crippen LogP contribution in [0.3, 0.4) is 0 Å². The van der Waals surface area contributed by atoms with Crippen LogP contribution in [0.25, 0.3) is 0 Å². The van der Waals surface area contributed by atoms with Gasteiger partial charge in [-0.1, -0.05) is 25.9 Å². The fourth-order valence-electron chi connectivity index (χ4n) is 1.50. The van der Waals surface area contributed by atoms with E-state index in [0.29, 0.717) is 12.4 Å². The molecule has 0 N–H and O–H groups in total. The summed E-state index contributed by atoms with van der Waals surface area (Å²) in [6.45, 7) is 10.4. The Morgan fingerprint density at radius 1 is 1.33 bits per heavy atom. The van der Waals surface area contributed by atoms with Gasteiger partial charge < -0.3 is 14.0 Å². The molecule has 0 amide bonds. The maximum absolute atomic E-state index is 11.4. The monoisotopic (exact) mass is 256 g/mol. The molecule has 1 heterocycles. The molecule has 0 saturated carbocycles. The predicted octanol–water partition coefficient (Wildman–Crippen LogP) is 2.37. The van der Waals surface area contributed by atoms with Gasteiger partial charge in [0.15, 0.2) is 0 Å². The second-order valence-electron chi connectivity index (χ2n) is 4.88. The van der Waals surface area contributed by atoms with Crippen molar-refractivity contribution in [1.82, 2.24) is 10.1 Å². The lowest BCUT2D eigenvalue weighted by molar-refractivity contribution is -0.0203. The zero-order valence-electron chi connectivity index (χ0n) is 11.5. The number of nitrogens with zero attached hydrogens (tertiary/aromatic N) is 2. The molecule has 1 unspecified atom stereocenters. The van der Waals surface area contributed by atoms with Gasteiger partial charge in [-0.25, -0.2) is 4.79 Å². The maximum atomic E-state index is 11.4. The molecule has 1 atom stereocenters.